The molecule has 0 aliphatic heterocycles. The number of rotatable bonds is 18. The second kappa shape index (κ2) is 41.2. The van der Waals surface area contributed by atoms with Gasteiger partial charge in [0.15, 0.2) is 0 Å². The fraction of sp³-hybridized carbons (Fsp3) is 0.455. The molecule has 6 aromatic carbocycles. The number of hydrogen-bond acceptors (Lipinski definition) is 12. The Balaban J connectivity index is 0.000000192. The smallest absolute Gasteiger partial charge is 0.138 e. The Hall–Kier alpha value is 2.22. The lowest BCUT2D eigenvalue weighted by molar-refractivity contribution is 0.466. The largest absolute Gasteiger partial charge is 0.507 e. The van der Waals surface area contributed by atoms with Crippen molar-refractivity contribution in [3.05, 3.63) is 158 Å². The zero-order chi connectivity index (χ0) is 65.0. The van der Waals surface area contributed by atoms with Crippen molar-refractivity contribution in [3.8, 4) is 34.5 Å². The van der Waals surface area contributed by atoms with Crippen molar-refractivity contribution < 1.29 is 30.6 Å². The van der Waals surface area contributed by atoms with E-state index in [2.05, 4.69) is 166 Å². The van der Waals surface area contributed by atoms with Gasteiger partial charge in [0.25, 0.3) is 0 Å². The maximum Gasteiger partial charge on any atom is 0.138 e. The van der Waals surface area contributed by atoms with Gasteiger partial charge in [0.1, 0.15) is 34.5 Å². The third kappa shape index (κ3) is 25.7. The number of phenolic OH excluding ortho intramolecular Hbond substituents is 6. The number of thioether (sulfide) groups is 6. The molecule has 3 aliphatic carbocycles. The number of aromatic hydroxyl groups is 6. The minimum Gasteiger partial charge on any atom is -0.507 e. The fourth-order valence-electron chi connectivity index (χ4n) is 10.9. The monoisotopic (exact) mass is 2120 g/mol. The van der Waals surface area contributed by atoms with E-state index in [-0.39, 0.29) is 21.5 Å². The van der Waals surface area contributed by atoms with Crippen LogP contribution in [-0.4, -0.2) is 62.1 Å². The number of benzene rings is 6. The van der Waals surface area contributed by atoms with Gasteiger partial charge in [0.2, 0.25) is 0 Å². The van der Waals surface area contributed by atoms with Crippen LogP contribution in [0.2, 0.25) is 20.1 Å². The zero-order valence-electron chi connectivity index (χ0n) is 49.0. The molecule has 6 nitrogen and oxygen atoms in total. The predicted molar refractivity (Wildman–Crippen MR) is 444 cm³/mol. The molecule has 3 saturated carbocycles. The summed E-state index contributed by atoms with van der Waals surface area (Å²) in [5.74, 6) is 6.38. The summed E-state index contributed by atoms with van der Waals surface area (Å²) < 4.78 is 7.63. The summed E-state index contributed by atoms with van der Waals surface area (Å²) >= 11 is 59.1. The van der Waals surface area contributed by atoms with E-state index in [1.54, 1.807) is 24.3 Å². The third-order valence-corrected chi connectivity index (χ3v) is 31.2. The van der Waals surface area contributed by atoms with Crippen molar-refractivity contribution in [1.29, 1.82) is 0 Å². The second-order valence-electron chi connectivity index (χ2n) is 22.4. The van der Waals surface area contributed by atoms with E-state index in [4.69, 9.17) is 46.4 Å². The predicted octanol–water partition coefficient (Wildman–Crippen LogP) is 27.1. The van der Waals surface area contributed by atoms with Gasteiger partial charge in [-0.05, 0) is 234 Å². The van der Waals surface area contributed by atoms with E-state index in [9.17, 15) is 30.6 Å². The molecule has 492 valence electrons. The Morgan fingerprint density at radius 1 is 0.311 bits per heavy atom. The molecule has 90 heavy (non-hydrogen) atoms. The van der Waals surface area contributed by atoms with Crippen LogP contribution in [0.3, 0.4) is 0 Å². The molecular formula is C66H72Br4Cl4I4O6S6. The molecule has 0 spiro atoms. The molecule has 0 bridgehead atoms. The lowest BCUT2D eigenvalue weighted by Crippen LogP contribution is -2.22. The van der Waals surface area contributed by atoms with E-state index >= 15 is 0 Å². The minimum absolute atomic E-state index is 0.113. The Morgan fingerprint density at radius 2 is 0.556 bits per heavy atom. The van der Waals surface area contributed by atoms with Crippen molar-refractivity contribution in [2.75, 3.05) is 0 Å². The van der Waals surface area contributed by atoms with Crippen LogP contribution in [0.15, 0.2) is 90.7 Å². The highest BCUT2D eigenvalue weighted by molar-refractivity contribution is 14.1. The van der Waals surface area contributed by atoms with Crippen LogP contribution in [0.25, 0.3) is 0 Å². The van der Waals surface area contributed by atoms with Gasteiger partial charge in [-0.1, -0.05) is 155 Å². The Morgan fingerprint density at radius 3 is 0.822 bits per heavy atom. The Labute approximate surface area is 666 Å². The summed E-state index contributed by atoms with van der Waals surface area (Å²) in [6, 6.07) is 22.7. The molecule has 24 heteroatoms. The zero-order valence-corrected chi connectivity index (χ0v) is 71.9. The summed E-state index contributed by atoms with van der Waals surface area (Å²) in [6.07, 6.45) is 22.4. The standard InChI is InChI=1S/C22H24Br4O2S2.C22H24Cl4O2S2.C22H24I4O2S2/c3*23-15-7-13(21(27)17(25)9-15)11-29-19-5-3-1-2-4-6-20(19)30-12-14-8-16(24)10-18(26)22(14)28/h3*7-10,19-20,27-28H,1-6,11-12H2/t3*19-,20?/m000/s1. The minimum atomic E-state index is 0.113. The maximum absolute atomic E-state index is 10.5. The van der Waals surface area contributed by atoms with Crippen molar-refractivity contribution in [1.82, 2.24) is 0 Å². The SMILES string of the molecule is Oc1c(Br)cc(Br)cc1CSC1CCCCCC[C@@H]1SCc1cc(Br)cc(Br)c1O.Oc1c(Cl)cc(Cl)cc1CSC1CCCCCC[C@@H]1SCc1cc(Cl)cc(Cl)c1O.Oc1c(I)cc(I)cc1CSC1CCCCCC[C@@H]1SCc1cc(I)cc(I)c1O. The first-order valence-electron chi connectivity index (χ1n) is 29.8. The number of halogens is 12. The van der Waals surface area contributed by atoms with E-state index in [1.165, 1.54) is 110 Å². The molecule has 3 fully saturated rings. The molecule has 0 heterocycles. The van der Waals surface area contributed by atoms with Gasteiger partial charge >= 0.3 is 0 Å². The van der Waals surface area contributed by atoms with Crippen molar-refractivity contribution in [3.63, 3.8) is 0 Å². The van der Waals surface area contributed by atoms with Crippen LogP contribution in [0.1, 0.15) is 149 Å². The van der Waals surface area contributed by atoms with Gasteiger partial charge in [0.05, 0.1) is 26.1 Å². The average molecular weight is 2120 g/mol. The van der Waals surface area contributed by atoms with E-state index in [0.717, 1.165) is 94.3 Å². The molecule has 6 aromatic rings. The van der Waals surface area contributed by atoms with Gasteiger partial charge in [-0.25, -0.2) is 0 Å². The van der Waals surface area contributed by atoms with Crippen LogP contribution in [0, 0.1) is 14.3 Å². The Kier molecular flexibility index (Phi) is 36.4. The molecule has 0 saturated heterocycles. The molecule has 0 radical (unpaired) electrons. The summed E-state index contributed by atoms with van der Waals surface area (Å²) in [5.41, 5.74) is 5.55. The lowest BCUT2D eigenvalue weighted by atomic mass is 10.00. The summed E-state index contributed by atoms with van der Waals surface area (Å²) in [7, 11) is 0. The quantitative estimate of drug-likeness (QED) is 0.0460. The van der Waals surface area contributed by atoms with Crippen LogP contribution in [0.4, 0.5) is 0 Å². The summed E-state index contributed by atoms with van der Waals surface area (Å²) in [4.78, 5) is 0. The van der Waals surface area contributed by atoms with Gasteiger partial charge in [-0.3, -0.25) is 0 Å². The van der Waals surface area contributed by atoms with Crippen LogP contribution >= 0.6 is 271 Å². The average Bonchev–Trinajstić information content (AvgIpc) is 2.19. The van der Waals surface area contributed by atoms with Crippen LogP contribution in [-0.2, 0) is 34.5 Å². The van der Waals surface area contributed by atoms with E-state index in [1.807, 2.05) is 107 Å². The lowest BCUT2D eigenvalue weighted by Gasteiger charge is -2.29. The fourth-order valence-corrected chi connectivity index (χ4v) is 27.8. The maximum atomic E-state index is 10.5. The highest BCUT2D eigenvalue weighted by atomic mass is 127. The number of hydrogen-bond donors (Lipinski definition) is 6. The van der Waals surface area contributed by atoms with Crippen LogP contribution in [0.5, 0.6) is 34.5 Å². The summed E-state index contributed by atoms with van der Waals surface area (Å²) in [6.45, 7) is 0. The first-order chi connectivity index (χ1) is 43.0. The molecule has 0 amide bonds. The van der Waals surface area contributed by atoms with Crippen molar-refractivity contribution in [2.45, 2.75) is 182 Å². The first-order valence-corrected chi connectivity index (χ1v) is 45.0. The summed E-state index contributed by atoms with van der Waals surface area (Å²) in [5, 5.41) is 67.2. The van der Waals surface area contributed by atoms with E-state index < -0.39 is 0 Å². The molecule has 3 unspecified atom stereocenters. The van der Waals surface area contributed by atoms with Crippen molar-refractivity contribution >= 4 is 271 Å². The molecular weight excluding hydrogens is 2050 g/mol. The van der Waals surface area contributed by atoms with Gasteiger partial charge < -0.3 is 30.6 Å². The topological polar surface area (TPSA) is 121 Å². The first kappa shape index (κ1) is 79.5. The molecule has 9 rings (SSSR count). The van der Waals surface area contributed by atoms with Gasteiger partial charge in [-0.15, -0.1) is 0 Å². The third-order valence-electron chi connectivity index (χ3n) is 15.8. The molecule has 6 N–H and O–H groups in total. The van der Waals surface area contributed by atoms with Gasteiger partial charge in [0, 0.05) is 126 Å². The second-order valence-corrected chi connectivity index (χ2v) is 39.9. The van der Waals surface area contributed by atoms with E-state index in [0.29, 0.717) is 76.0 Å². The highest BCUT2D eigenvalue weighted by Crippen LogP contribution is 2.46. The van der Waals surface area contributed by atoms with Crippen molar-refractivity contribution in [2.24, 2.45) is 0 Å². The van der Waals surface area contributed by atoms with Gasteiger partial charge in [-0.2, -0.15) is 70.6 Å². The molecule has 6 atom stereocenters. The molecule has 0 aromatic heterocycles. The highest BCUT2D eigenvalue weighted by Gasteiger charge is 2.29. The number of phenols is 6. The van der Waals surface area contributed by atoms with Crippen LogP contribution < -0.4 is 0 Å². The Bertz CT molecular complexity index is 2780. The molecule has 3 aliphatic rings. The normalized spacial score (nSPS) is 20.0.